The molecule has 15 heavy (non-hydrogen) atoms. The zero-order valence-electron chi connectivity index (χ0n) is 7.82. The van der Waals surface area contributed by atoms with E-state index < -0.39 is 0 Å². The monoisotopic (exact) mass is 269 g/mol. The lowest BCUT2D eigenvalue weighted by atomic mass is 10.3. The summed E-state index contributed by atoms with van der Waals surface area (Å²) >= 11 is 3.35. The highest BCUT2D eigenvalue weighted by Gasteiger charge is 2.05. The first kappa shape index (κ1) is 10.3. The van der Waals surface area contributed by atoms with E-state index in [1.54, 1.807) is 23.0 Å². The van der Waals surface area contributed by atoms with Crippen LogP contribution in [-0.4, -0.2) is 9.78 Å². The predicted octanol–water partition coefficient (Wildman–Crippen LogP) is 2.23. The smallest absolute Gasteiger partial charge is 0.123 e. The van der Waals surface area contributed by atoms with Crippen molar-refractivity contribution in [3.63, 3.8) is 0 Å². The molecule has 0 saturated heterocycles. The first-order valence-corrected chi connectivity index (χ1v) is 5.20. The second-order valence-corrected chi connectivity index (χ2v) is 3.90. The molecule has 0 aliphatic heterocycles. The second kappa shape index (κ2) is 4.12. The maximum atomic E-state index is 12.7. The van der Waals surface area contributed by atoms with Crippen molar-refractivity contribution in [1.29, 1.82) is 0 Å². The molecule has 0 amide bonds. The van der Waals surface area contributed by atoms with Crippen LogP contribution in [0.4, 0.5) is 4.39 Å². The van der Waals surface area contributed by atoms with Gasteiger partial charge in [-0.05, 0) is 40.2 Å². The number of aromatic nitrogens is 2. The molecule has 1 aromatic heterocycles. The molecule has 0 unspecified atom stereocenters. The lowest BCUT2D eigenvalue weighted by molar-refractivity contribution is 0.627. The average molecular weight is 270 g/mol. The first-order valence-electron chi connectivity index (χ1n) is 4.41. The summed E-state index contributed by atoms with van der Waals surface area (Å²) in [5.74, 6) is -0.260. The Morgan fingerprint density at radius 1 is 1.33 bits per heavy atom. The molecule has 2 aromatic rings. The lowest BCUT2D eigenvalue weighted by Gasteiger charge is -1.99. The summed E-state index contributed by atoms with van der Waals surface area (Å²) in [6, 6.07) is 6.12. The van der Waals surface area contributed by atoms with Crippen molar-refractivity contribution in [3.8, 4) is 5.69 Å². The highest BCUT2D eigenvalue weighted by Crippen LogP contribution is 2.17. The Morgan fingerprint density at radius 3 is 2.53 bits per heavy atom. The molecule has 0 radical (unpaired) electrons. The van der Waals surface area contributed by atoms with Crippen LogP contribution in [-0.2, 0) is 6.54 Å². The average Bonchev–Trinajstić information content (AvgIpc) is 2.61. The summed E-state index contributed by atoms with van der Waals surface area (Å²) in [6.07, 6.45) is 1.80. The normalized spacial score (nSPS) is 10.6. The summed E-state index contributed by atoms with van der Waals surface area (Å²) in [7, 11) is 0. The van der Waals surface area contributed by atoms with Crippen molar-refractivity contribution in [2.45, 2.75) is 6.54 Å². The maximum absolute atomic E-state index is 12.7. The van der Waals surface area contributed by atoms with Crippen molar-refractivity contribution in [3.05, 3.63) is 46.4 Å². The molecular weight excluding hydrogens is 261 g/mol. The molecule has 1 aromatic carbocycles. The Balaban J connectivity index is 2.41. The van der Waals surface area contributed by atoms with E-state index in [1.807, 2.05) is 0 Å². The van der Waals surface area contributed by atoms with Crippen molar-refractivity contribution in [2.24, 2.45) is 5.73 Å². The fraction of sp³-hybridized carbons (Fsp3) is 0.100. The first-order chi connectivity index (χ1) is 7.20. The van der Waals surface area contributed by atoms with E-state index in [-0.39, 0.29) is 5.82 Å². The highest BCUT2D eigenvalue weighted by atomic mass is 79.9. The van der Waals surface area contributed by atoms with E-state index in [0.29, 0.717) is 6.54 Å². The molecule has 2 N–H and O–H groups in total. The van der Waals surface area contributed by atoms with Gasteiger partial charge in [0.25, 0.3) is 0 Å². The molecule has 0 saturated carbocycles. The van der Waals surface area contributed by atoms with E-state index in [2.05, 4.69) is 21.0 Å². The van der Waals surface area contributed by atoms with Gasteiger partial charge in [0.15, 0.2) is 0 Å². The van der Waals surface area contributed by atoms with Crippen molar-refractivity contribution >= 4 is 15.9 Å². The Kier molecular flexibility index (Phi) is 2.83. The van der Waals surface area contributed by atoms with Gasteiger partial charge < -0.3 is 5.73 Å². The van der Waals surface area contributed by atoms with Crippen LogP contribution in [0.15, 0.2) is 34.9 Å². The largest absolute Gasteiger partial charge is 0.325 e. The van der Waals surface area contributed by atoms with Gasteiger partial charge in [-0.3, -0.25) is 0 Å². The molecule has 0 aliphatic rings. The molecule has 0 atom stereocenters. The standard InChI is InChI=1S/C10H9BrFN3/c11-9-6-15(14-10(9)5-13)8-3-1-7(12)2-4-8/h1-4,6H,5,13H2. The molecule has 1 heterocycles. The molecule has 3 nitrogen and oxygen atoms in total. The number of hydrogen-bond acceptors (Lipinski definition) is 2. The summed E-state index contributed by atoms with van der Waals surface area (Å²) in [6.45, 7) is 0.370. The molecule has 5 heteroatoms. The van der Waals surface area contributed by atoms with Crippen LogP contribution in [0.1, 0.15) is 5.69 Å². The third kappa shape index (κ3) is 2.08. The fourth-order valence-electron chi connectivity index (χ4n) is 1.25. The molecule has 0 fully saturated rings. The minimum absolute atomic E-state index is 0.260. The fourth-order valence-corrected chi connectivity index (χ4v) is 1.69. The number of halogens is 2. The third-order valence-corrected chi connectivity index (χ3v) is 2.69. The molecule has 78 valence electrons. The topological polar surface area (TPSA) is 43.8 Å². The predicted molar refractivity (Wildman–Crippen MR) is 59.1 cm³/mol. The van der Waals surface area contributed by atoms with Crippen LogP contribution >= 0.6 is 15.9 Å². The zero-order chi connectivity index (χ0) is 10.8. The molecule has 0 spiro atoms. The van der Waals surface area contributed by atoms with Gasteiger partial charge in [-0.15, -0.1) is 0 Å². The van der Waals surface area contributed by atoms with Gasteiger partial charge in [0, 0.05) is 12.7 Å². The van der Waals surface area contributed by atoms with Gasteiger partial charge in [0.05, 0.1) is 15.9 Å². The number of benzene rings is 1. The highest BCUT2D eigenvalue weighted by molar-refractivity contribution is 9.10. The summed E-state index contributed by atoms with van der Waals surface area (Å²) in [5, 5.41) is 4.25. The summed E-state index contributed by atoms with van der Waals surface area (Å²) in [5.41, 5.74) is 7.08. The van der Waals surface area contributed by atoms with E-state index >= 15 is 0 Å². The quantitative estimate of drug-likeness (QED) is 0.909. The van der Waals surface area contributed by atoms with E-state index in [4.69, 9.17) is 5.73 Å². The number of rotatable bonds is 2. The third-order valence-electron chi connectivity index (χ3n) is 2.02. The van der Waals surface area contributed by atoms with Gasteiger partial charge >= 0.3 is 0 Å². The van der Waals surface area contributed by atoms with Crippen LogP contribution in [0.3, 0.4) is 0 Å². The van der Waals surface area contributed by atoms with E-state index in [0.717, 1.165) is 15.9 Å². The molecule has 0 bridgehead atoms. The summed E-state index contributed by atoms with van der Waals surface area (Å²) in [4.78, 5) is 0. The SMILES string of the molecule is NCc1nn(-c2ccc(F)cc2)cc1Br. The van der Waals surface area contributed by atoms with Gasteiger partial charge in [-0.1, -0.05) is 0 Å². The minimum Gasteiger partial charge on any atom is -0.325 e. The van der Waals surface area contributed by atoms with Crippen molar-refractivity contribution in [1.82, 2.24) is 9.78 Å². The Hall–Kier alpha value is -1.20. The number of hydrogen-bond donors (Lipinski definition) is 1. The van der Waals surface area contributed by atoms with Crippen molar-refractivity contribution in [2.75, 3.05) is 0 Å². The van der Waals surface area contributed by atoms with Gasteiger partial charge in [0.1, 0.15) is 5.82 Å². The molecular formula is C10H9BrFN3. The Labute approximate surface area is 94.8 Å². The second-order valence-electron chi connectivity index (χ2n) is 3.05. The summed E-state index contributed by atoms with van der Waals surface area (Å²) < 4.78 is 15.2. The Bertz CT molecular complexity index is 464. The van der Waals surface area contributed by atoms with E-state index in [1.165, 1.54) is 12.1 Å². The van der Waals surface area contributed by atoms with Crippen molar-refractivity contribution < 1.29 is 4.39 Å². The van der Waals surface area contributed by atoms with E-state index in [9.17, 15) is 4.39 Å². The van der Waals surface area contributed by atoms with Crippen LogP contribution in [0.2, 0.25) is 0 Å². The Morgan fingerprint density at radius 2 is 2.00 bits per heavy atom. The van der Waals surface area contributed by atoms with Crippen LogP contribution in [0.5, 0.6) is 0 Å². The van der Waals surface area contributed by atoms with Crippen LogP contribution in [0.25, 0.3) is 5.69 Å². The van der Waals surface area contributed by atoms with Crippen LogP contribution < -0.4 is 5.73 Å². The number of nitrogens with two attached hydrogens (primary N) is 1. The van der Waals surface area contributed by atoms with Gasteiger partial charge in [-0.25, -0.2) is 9.07 Å². The maximum Gasteiger partial charge on any atom is 0.123 e. The van der Waals surface area contributed by atoms with Gasteiger partial charge in [0.2, 0.25) is 0 Å². The zero-order valence-corrected chi connectivity index (χ0v) is 9.41. The number of nitrogens with zero attached hydrogens (tertiary/aromatic N) is 2. The lowest BCUT2D eigenvalue weighted by Crippen LogP contribution is -2.00. The minimum atomic E-state index is -0.260. The molecule has 0 aliphatic carbocycles. The van der Waals surface area contributed by atoms with Gasteiger partial charge in [-0.2, -0.15) is 5.10 Å². The molecule has 2 rings (SSSR count). The van der Waals surface area contributed by atoms with Crippen LogP contribution in [0, 0.1) is 5.82 Å².